The molecule has 0 radical (unpaired) electrons. The summed E-state index contributed by atoms with van der Waals surface area (Å²) in [5.74, 6) is -0.441. The van der Waals surface area contributed by atoms with Crippen LogP contribution in [0.5, 0.6) is 0 Å². The maximum Gasteiger partial charge on any atom is 0.380 e. The van der Waals surface area contributed by atoms with Gasteiger partial charge in [0.15, 0.2) is 0 Å². The summed E-state index contributed by atoms with van der Waals surface area (Å²) in [4.78, 5) is 46.8. The van der Waals surface area contributed by atoms with E-state index in [1.165, 1.54) is 28.0 Å². The van der Waals surface area contributed by atoms with Crippen LogP contribution in [-0.4, -0.2) is 33.8 Å². The van der Waals surface area contributed by atoms with Crippen molar-refractivity contribution in [3.05, 3.63) is 75.0 Å². The first-order valence-corrected chi connectivity index (χ1v) is 14.7. The first kappa shape index (κ1) is 24.4. The summed E-state index contributed by atoms with van der Waals surface area (Å²) in [6.45, 7) is 0. The van der Waals surface area contributed by atoms with E-state index in [9.17, 15) is 14.4 Å². The molecule has 6 rings (SSSR count). The van der Waals surface area contributed by atoms with Gasteiger partial charge >= 0.3 is 5.97 Å². The minimum absolute atomic E-state index is 0.104. The number of hydrogen-bond acceptors (Lipinski definition) is 8. The third-order valence-corrected chi connectivity index (χ3v) is 9.76. The molecule has 2 aromatic carbocycles. The predicted molar refractivity (Wildman–Crippen MR) is 146 cm³/mol. The number of halogens is 1. The molecule has 1 N–H and O–H groups in total. The number of hydrogen-bond donors (Lipinski definition) is 1. The number of nitrogens with zero attached hydrogens (tertiary/aromatic N) is 1. The van der Waals surface area contributed by atoms with Crippen molar-refractivity contribution in [1.82, 2.24) is 10.4 Å². The quantitative estimate of drug-likeness (QED) is 0.178. The van der Waals surface area contributed by atoms with Gasteiger partial charge in [-0.25, -0.2) is 4.79 Å². The van der Waals surface area contributed by atoms with Crippen LogP contribution in [0.1, 0.15) is 16.9 Å². The van der Waals surface area contributed by atoms with Crippen LogP contribution in [-0.2, 0) is 31.5 Å². The summed E-state index contributed by atoms with van der Waals surface area (Å²) in [5.41, 5.74) is 4.80. The molecule has 0 bridgehead atoms. The summed E-state index contributed by atoms with van der Waals surface area (Å²) in [6, 6.07) is 15.4. The van der Waals surface area contributed by atoms with E-state index in [4.69, 9.17) is 20.9 Å². The van der Waals surface area contributed by atoms with Gasteiger partial charge in [0.1, 0.15) is 16.9 Å². The summed E-state index contributed by atoms with van der Waals surface area (Å²) >= 11 is 10.5. The molecular weight excluding hydrogens is 552 g/mol. The second kappa shape index (κ2) is 10.1. The van der Waals surface area contributed by atoms with Gasteiger partial charge in [-0.15, -0.1) is 34.7 Å². The third-order valence-electron chi connectivity index (χ3n) is 6.12. The second-order valence-corrected chi connectivity index (χ2v) is 12.1. The number of amides is 2. The van der Waals surface area contributed by atoms with Gasteiger partial charge in [0, 0.05) is 36.8 Å². The molecule has 37 heavy (non-hydrogen) atoms. The standard InChI is InChI=1S/C26H19ClN2O5S3/c27-12-14-3-1-5-18-17-7-6-16(9-19(17)33-25(14)18)37-20-13-36-23-11-22(31)29(23)24(20)26(32)34-28-21(30)10-15-4-2-8-35-15/h1-9,23H,10-13H2,(H,28,30)/t23-/m0/s1. The monoisotopic (exact) mass is 570 g/mol. The van der Waals surface area contributed by atoms with Crippen LogP contribution < -0.4 is 5.48 Å². The van der Waals surface area contributed by atoms with Crippen molar-refractivity contribution in [2.24, 2.45) is 0 Å². The summed E-state index contributed by atoms with van der Waals surface area (Å²) < 4.78 is 6.13. The van der Waals surface area contributed by atoms with Crippen molar-refractivity contribution in [2.45, 2.75) is 29.0 Å². The Bertz CT molecular complexity index is 1580. The lowest BCUT2D eigenvalue weighted by Crippen LogP contribution is -2.54. The number of para-hydroxylation sites is 1. The molecule has 1 fully saturated rings. The van der Waals surface area contributed by atoms with Gasteiger partial charge in [-0.2, -0.15) is 5.48 Å². The Kier molecular flexibility index (Phi) is 6.66. The number of alkyl halides is 1. The number of carbonyl (C=O) groups is 3. The van der Waals surface area contributed by atoms with Crippen LogP contribution in [0.3, 0.4) is 0 Å². The SMILES string of the molecule is O=C(Cc1cccs1)NOC(=O)C1=C(Sc2ccc3c(c2)oc2c(CCl)cccc23)CS[C@H]2CC(=O)N12. The minimum atomic E-state index is -0.753. The van der Waals surface area contributed by atoms with Gasteiger partial charge in [0.2, 0.25) is 5.91 Å². The number of thioether (sulfide) groups is 2. The first-order chi connectivity index (χ1) is 18.0. The highest BCUT2D eigenvalue weighted by Gasteiger charge is 2.46. The Labute approximate surface area is 229 Å². The molecule has 1 atom stereocenters. The van der Waals surface area contributed by atoms with E-state index in [-0.39, 0.29) is 23.4 Å². The van der Waals surface area contributed by atoms with Crippen molar-refractivity contribution >= 4 is 86.2 Å². The van der Waals surface area contributed by atoms with Crippen LogP contribution in [0, 0.1) is 0 Å². The summed E-state index contributed by atoms with van der Waals surface area (Å²) in [5, 5.41) is 3.74. The zero-order valence-electron chi connectivity index (χ0n) is 19.2. The smallest absolute Gasteiger partial charge is 0.380 e. The average molecular weight is 571 g/mol. The van der Waals surface area contributed by atoms with E-state index < -0.39 is 11.9 Å². The lowest BCUT2D eigenvalue weighted by molar-refractivity contribution is -0.158. The molecule has 1 saturated heterocycles. The number of thiophene rings is 1. The number of carbonyl (C=O) groups excluding carboxylic acids is 3. The topological polar surface area (TPSA) is 88.8 Å². The van der Waals surface area contributed by atoms with Crippen LogP contribution in [0.4, 0.5) is 0 Å². The van der Waals surface area contributed by atoms with Gasteiger partial charge in [-0.3, -0.25) is 14.5 Å². The summed E-state index contributed by atoms with van der Waals surface area (Å²) in [7, 11) is 0. The molecule has 4 aromatic rings. The second-order valence-electron chi connectivity index (χ2n) is 8.47. The Morgan fingerprint density at radius 3 is 2.86 bits per heavy atom. The fraction of sp³-hybridized carbons (Fsp3) is 0.192. The largest absolute Gasteiger partial charge is 0.456 e. The van der Waals surface area contributed by atoms with Crippen molar-refractivity contribution in [1.29, 1.82) is 0 Å². The maximum absolute atomic E-state index is 13.1. The Morgan fingerprint density at radius 1 is 1.19 bits per heavy atom. The molecule has 7 nitrogen and oxygen atoms in total. The van der Waals surface area contributed by atoms with Crippen LogP contribution in [0.15, 0.2) is 73.8 Å². The van der Waals surface area contributed by atoms with E-state index in [1.54, 1.807) is 11.8 Å². The predicted octanol–water partition coefficient (Wildman–Crippen LogP) is 5.81. The van der Waals surface area contributed by atoms with Gasteiger partial charge in [0.25, 0.3) is 5.91 Å². The first-order valence-electron chi connectivity index (χ1n) is 11.4. The fourth-order valence-corrected chi connectivity index (χ4v) is 7.69. The molecule has 0 saturated carbocycles. The Balaban J connectivity index is 1.27. The molecule has 4 heterocycles. The molecule has 2 aliphatic heterocycles. The highest BCUT2D eigenvalue weighted by molar-refractivity contribution is 8.06. The van der Waals surface area contributed by atoms with E-state index in [2.05, 4.69) is 5.48 Å². The molecule has 0 unspecified atom stereocenters. The van der Waals surface area contributed by atoms with E-state index in [0.29, 0.717) is 28.5 Å². The van der Waals surface area contributed by atoms with Gasteiger partial charge in [0.05, 0.1) is 24.1 Å². The lowest BCUT2D eigenvalue weighted by Gasteiger charge is -2.44. The average Bonchev–Trinajstić information content (AvgIpc) is 3.54. The molecule has 2 amide bonds. The molecule has 2 aromatic heterocycles. The minimum Gasteiger partial charge on any atom is -0.456 e. The maximum atomic E-state index is 13.1. The number of fused-ring (bicyclic) bond motifs is 4. The molecule has 2 aliphatic rings. The normalized spacial score (nSPS) is 17.2. The number of nitrogens with one attached hydrogen (secondary N) is 1. The van der Waals surface area contributed by atoms with Crippen molar-refractivity contribution in [2.75, 3.05) is 5.75 Å². The van der Waals surface area contributed by atoms with E-state index in [1.807, 2.05) is 53.9 Å². The number of hydroxylamine groups is 1. The number of furan rings is 1. The number of β-lactam (4-membered cyclic amide) rings is 1. The highest BCUT2D eigenvalue weighted by Crippen LogP contribution is 2.46. The molecule has 0 spiro atoms. The number of benzene rings is 2. The molecular formula is C26H19ClN2O5S3. The van der Waals surface area contributed by atoms with Crippen molar-refractivity contribution < 1.29 is 23.6 Å². The Morgan fingerprint density at radius 2 is 2.08 bits per heavy atom. The zero-order valence-corrected chi connectivity index (χ0v) is 22.4. The van der Waals surface area contributed by atoms with Crippen LogP contribution >= 0.6 is 46.5 Å². The van der Waals surface area contributed by atoms with Gasteiger partial charge in [-0.1, -0.05) is 36.0 Å². The van der Waals surface area contributed by atoms with Crippen molar-refractivity contribution in [3.63, 3.8) is 0 Å². The molecule has 188 valence electrons. The number of rotatable bonds is 6. The fourth-order valence-electron chi connectivity index (χ4n) is 4.36. The lowest BCUT2D eigenvalue weighted by atomic mass is 10.1. The third kappa shape index (κ3) is 4.63. The molecule has 0 aliphatic carbocycles. The zero-order chi connectivity index (χ0) is 25.5. The van der Waals surface area contributed by atoms with Crippen LogP contribution in [0.2, 0.25) is 0 Å². The summed E-state index contributed by atoms with van der Waals surface area (Å²) in [6.07, 6.45) is 0.480. The van der Waals surface area contributed by atoms with Gasteiger partial charge in [-0.05, 0) is 29.6 Å². The van der Waals surface area contributed by atoms with Gasteiger partial charge < -0.3 is 9.25 Å². The highest BCUT2D eigenvalue weighted by atomic mass is 35.5. The van der Waals surface area contributed by atoms with Crippen LogP contribution in [0.25, 0.3) is 21.9 Å². The van der Waals surface area contributed by atoms with Crippen molar-refractivity contribution in [3.8, 4) is 0 Å². The Hall–Kier alpha value is -2.92. The molecule has 11 heteroatoms. The van der Waals surface area contributed by atoms with E-state index in [0.717, 1.165) is 31.7 Å². The van der Waals surface area contributed by atoms with E-state index >= 15 is 0 Å².